The van der Waals surface area contributed by atoms with Gasteiger partial charge in [0.1, 0.15) is 0 Å². The average molecular weight is 338 g/mol. The molecule has 124 valence electrons. The largest absolute Gasteiger partial charge is 0.414 e. The first-order valence-corrected chi connectivity index (χ1v) is 8.20. The zero-order valence-electron chi connectivity index (χ0n) is 13.0. The van der Waals surface area contributed by atoms with Gasteiger partial charge in [0.2, 0.25) is 0 Å². The first-order valence-electron chi connectivity index (χ1n) is 7.32. The van der Waals surface area contributed by atoms with E-state index in [9.17, 15) is 9.59 Å². The number of urea groups is 1. The maximum absolute atomic E-state index is 12.0. The molecule has 0 saturated carbocycles. The van der Waals surface area contributed by atoms with Gasteiger partial charge in [0, 0.05) is 0 Å². The van der Waals surface area contributed by atoms with E-state index < -0.39 is 18.0 Å². The van der Waals surface area contributed by atoms with E-state index in [1.807, 2.05) is 24.4 Å². The molecule has 0 fully saturated rings. The lowest BCUT2D eigenvalue weighted by atomic mass is 10.2. The summed E-state index contributed by atoms with van der Waals surface area (Å²) < 4.78 is 5.66. The van der Waals surface area contributed by atoms with Gasteiger partial charge in [-0.3, -0.25) is 10.1 Å². The summed E-state index contributed by atoms with van der Waals surface area (Å²) in [5.41, 5.74) is 5.00. The standard InChI is InChI=1S/C14H19N5O3S/c1-3-6-19(9(2)12(20)16-14(15)21)8-11-17-18-13(22-11)10-5-4-7-23-10/h4-5,7,9H,3,6,8H2,1-2H3,(H3,15,16,20,21)/p+1/t9-/m0/s1. The van der Waals surface area contributed by atoms with E-state index >= 15 is 0 Å². The van der Waals surface area contributed by atoms with Crippen LogP contribution < -0.4 is 16.0 Å². The van der Waals surface area contributed by atoms with Crippen LogP contribution in [0, 0.1) is 0 Å². The third-order valence-electron chi connectivity index (χ3n) is 3.40. The number of nitrogens with two attached hydrogens (primary N) is 1. The van der Waals surface area contributed by atoms with Gasteiger partial charge in [-0.05, 0) is 24.8 Å². The Balaban J connectivity index is 2.07. The number of imide groups is 1. The monoisotopic (exact) mass is 338 g/mol. The Hall–Kier alpha value is -2.26. The molecule has 2 aromatic rings. The minimum absolute atomic E-state index is 0.402. The lowest BCUT2D eigenvalue weighted by molar-refractivity contribution is -0.929. The molecular formula is C14H20N5O3S+. The third-order valence-corrected chi connectivity index (χ3v) is 4.26. The van der Waals surface area contributed by atoms with Gasteiger partial charge >= 0.3 is 6.03 Å². The number of aromatic nitrogens is 2. The van der Waals surface area contributed by atoms with Crippen LogP contribution in [-0.2, 0) is 11.3 Å². The Morgan fingerprint density at radius 3 is 2.87 bits per heavy atom. The number of hydrogen-bond donors (Lipinski definition) is 3. The summed E-state index contributed by atoms with van der Waals surface area (Å²) in [4.78, 5) is 24.6. The molecule has 0 bridgehead atoms. The summed E-state index contributed by atoms with van der Waals surface area (Å²) in [6.45, 7) is 4.88. The topological polar surface area (TPSA) is 116 Å². The van der Waals surface area contributed by atoms with Gasteiger partial charge in [0.05, 0.1) is 11.4 Å². The summed E-state index contributed by atoms with van der Waals surface area (Å²) in [5.74, 6) is 0.509. The molecule has 0 aromatic carbocycles. The van der Waals surface area contributed by atoms with E-state index in [0.29, 0.717) is 18.3 Å². The zero-order valence-corrected chi connectivity index (χ0v) is 13.9. The van der Waals surface area contributed by atoms with Gasteiger partial charge in [-0.1, -0.05) is 13.0 Å². The quantitative estimate of drug-likeness (QED) is 0.666. The van der Waals surface area contributed by atoms with Gasteiger partial charge in [-0.25, -0.2) is 4.79 Å². The predicted molar refractivity (Wildman–Crippen MR) is 84.6 cm³/mol. The molecule has 0 aliphatic heterocycles. The number of carbonyl (C=O) groups is 2. The molecule has 8 nitrogen and oxygen atoms in total. The van der Waals surface area contributed by atoms with Crippen LogP contribution in [0.25, 0.3) is 10.8 Å². The maximum atomic E-state index is 12.0. The molecule has 2 rings (SSSR count). The van der Waals surface area contributed by atoms with Gasteiger partial charge in [-0.2, -0.15) is 0 Å². The second kappa shape index (κ2) is 7.84. The number of carbonyl (C=O) groups excluding carboxylic acids is 2. The number of hydrogen-bond acceptors (Lipinski definition) is 6. The highest BCUT2D eigenvalue weighted by Gasteiger charge is 2.27. The van der Waals surface area contributed by atoms with Crippen molar-refractivity contribution < 1.29 is 18.9 Å². The highest BCUT2D eigenvalue weighted by molar-refractivity contribution is 7.13. The van der Waals surface area contributed by atoms with E-state index in [1.54, 1.807) is 6.92 Å². The summed E-state index contributed by atoms with van der Waals surface area (Å²) in [6.07, 6.45) is 0.870. The maximum Gasteiger partial charge on any atom is 0.319 e. The molecule has 2 heterocycles. The highest BCUT2D eigenvalue weighted by atomic mass is 32.1. The lowest BCUT2D eigenvalue weighted by Gasteiger charge is -2.22. The number of nitrogens with zero attached hydrogens (tertiary/aromatic N) is 2. The van der Waals surface area contributed by atoms with Crippen LogP contribution in [-0.4, -0.2) is 34.7 Å². The van der Waals surface area contributed by atoms with E-state index in [-0.39, 0.29) is 0 Å². The predicted octanol–water partition coefficient (Wildman–Crippen LogP) is 0.176. The second-order valence-corrected chi connectivity index (χ2v) is 6.09. The molecule has 0 aliphatic rings. The van der Waals surface area contributed by atoms with Crippen molar-refractivity contribution in [3.8, 4) is 10.8 Å². The highest BCUT2D eigenvalue weighted by Crippen LogP contribution is 2.22. The fraction of sp³-hybridized carbons (Fsp3) is 0.429. The van der Waals surface area contributed by atoms with Crippen molar-refractivity contribution in [2.45, 2.75) is 32.9 Å². The fourth-order valence-electron chi connectivity index (χ4n) is 2.21. The molecule has 0 aliphatic carbocycles. The van der Waals surface area contributed by atoms with Crippen LogP contribution in [0.3, 0.4) is 0 Å². The molecule has 2 atom stereocenters. The average Bonchev–Trinajstić information content (AvgIpc) is 3.16. The van der Waals surface area contributed by atoms with Crippen LogP contribution in [0.5, 0.6) is 0 Å². The summed E-state index contributed by atoms with van der Waals surface area (Å²) >= 11 is 1.52. The van der Waals surface area contributed by atoms with Crippen molar-refractivity contribution in [2.75, 3.05) is 6.54 Å². The smallest absolute Gasteiger partial charge is 0.319 e. The van der Waals surface area contributed by atoms with Crippen molar-refractivity contribution in [1.82, 2.24) is 15.5 Å². The normalized spacial score (nSPS) is 13.5. The number of quaternary nitrogens is 1. The zero-order chi connectivity index (χ0) is 16.8. The molecule has 1 unspecified atom stereocenters. The molecule has 2 aromatic heterocycles. The molecule has 4 N–H and O–H groups in total. The first-order chi connectivity index (χ1) is 11.0. The van der Waals surface area contributed by atoms with E-state index in [0.717, 1.165) is 22.7 Å². The number of primary amides is 1. The third kappa shape index (κ3) is 4.60. The summed E-state index contributed by atoms with van der Waals surface area (Å²) in [5, 5.41) is 12.1. The molecule has 23 heavy (non-hydrogen) atoms. The minimum atomic E-state index is -0.851. The Bertz CT molecular complexity index is 655. The van der Waals surface area contributed by atoms with Crippen molar-refractivity contribution in [3.05, 3.63) is 23.4 Å². The van der Waals surface area contributed by atoms with Crippen LogP contribution in [0.2, 0.25) is 0 Å². The molecule has 0 saturated heterocycles. The van der Waals surface area contributed by atoms with Crippen LogP contribution in [0.1, 0.15) is 26.2 Å². The molecule has 0 radical (unpaired) electrons. The molecular weight excluding hydrogens is 318 g/mol. The Labute approximate surface area is 137 Å². The summed E-state index contributed by atoms with van der Waals surface area (Å²) in [6, 6.07) is 2.51. The Morgan fingerprint density at radius 1 is 1.48 bits per heavy atom. The fourth-order valence-corrected chi connectivity index (χ4v) is 2.86. The van der Waals surface area contributed by atoms with Crippen molar-refractivity contribution in [2.24, 2.45) is 5.73 Å². The van der Waals surface area contributed by atoms with Crippen LogP contribution in [0.15, 0.2) is 21.9 Å². The van der Waals surface area contributed by atoms with Gasteiger partial charge in [0.15, 0.2) is 12.6 Å². The first kappa shape index (κ1) is 17.1. The number of nitrogens with one attached hydrogen (secondary N) is 2. The van der Waals surface area contributed by atoms with E-state index in [2.05, 4.69) is 15.5 Å². The Kier molecular flexibility index (Phi) is 5.83. The number of thiophene rings is 1. The van der Waals surface area contributed by atoms with Gasteiger partial charge < -0.3 is 15.1 Å². The molecule has 3 amide bonds. The minimum Gasteiger partial charge on any atom is -0.414 e. The van der Waals surface area contributed by atoms with Gasteiger partial charge in [-0.15, -0.1) is 21.5 Å². The van der Waals surface area contributed by atoms with Crippen LogP contribution in [0.4, 0.5) is 4.79 Å². The SMILES string of the molecule is CCC[NH+](Cc1nnc(-c2cccs2)o1)[C@@H](C)C(=O)NC(N)=O. The van der Waals surface area contributed by atoms with Crippen molar-refractivity contribution >= 4 is 23.3 Å². The van der Waals surface area contributed by atoms with Crippen LogP contribution >= 0.6 is 11.3 Å². The molecule has 0 spiro atoms. The van der Waals surface area contributed by atoms with E-state index in [1.165, 1.54) is 11.3 Å². The molecule has 9 heteroatoms. The van der Waals surface area contributed by atoms with E-state index in [4.69, 9.17) is 10.2 Å². The van der Waals surface area contributed by atoms with Crippen molar-refractivity contribution in [1.29, 1.82) is 0 Å². The summed E-state index contributed by atoms with van der Waals surface area (Å²) in [7, 11) is 0. The Morgan fingerprint density at radius 2 is 2.26 bits per heavy atom. The number of amides is 3. The lowest BCUT2D eigenvalue weighted by Crippen LogP contribution is -3.15. The van der Waals surface area contributed by atoms with Crippen molar-refractivity contribution in [3.63, 3.8) is 0 Å². The number of rotatable bonds is 7. The second-order valence-electron chi connectivity index (χ2n) is 5.14. The van der Waals surface area contributed by atoms with Gasteiger partial charge in [0.25, 0.3) is 17.7 Å².